The maximum absolute atomic E-state index is 13.9. The minimum atomic E-state index is -0.391. The van der Waals surface area contributed by atoms with Gasteiger partial charge in [-0.3, -0.25) is 9.59 Å². The summed E-state index contributed by atoms with van der Waals surface area (Å²) < 4.78 is 12.4. The Morgan fingerprint density at radius 1 is 0.900 bits per heavy atom. The van der Waals surface area contributed by atoms with Crippen LogP contribution in [-0.4, -0.2) is 36.7 Å². The summed E-state index contributed by atoms with van der Waals surface area (Å²) in [6, 6.07) is 13.5. The van der Waals surface area contributed by atoms with Gasteiger partial charge in [0, 0.05) is 60.0 Å². The minimum Gasteiger partial charge on any atom is -0.488 e. The molecule has 5 nitrogen and oxygen atoms in total. The molecule has 0 aromatic heterocycles. The molecule has 1 heterocycles. The largest absolute Gasteiger partial charge is 0.488 e. The maximum Gasteiger partial charge on any atom is 0.162 e. The molecule has 0 fully saturated rings. The molecule has 0 bridgehead atoms. The Labute approximate surface area is 250 Å². The van der Waals surface area contributed by atoms with Crippen molar-refractivity contribution in [2.45, 2.75) is 65.9 Å². The predicted octanol–water partition coefficient (Wildman–Crippen LogP) is 8.01. The van der Waals surface area contributed by atoms with Crippen molar-refractivity contribution in [3.63, 3.8) is 0 Å². The van der Waals surface area contributed by atoms with E-state index in [1.807, 2.05) is 42.5 Å². The van der Waals surface area contributed by atoms with Crippen molar-refractivity contribution >= 4 is 39.1 Å². The molecular weight excluding hydrogens is 590 g/mol. The Kier molecular flexibility index (Phi) is 8.08. The van der Waals surface area contributed by atoms with E-state index in [0.717, 1.165) is 51.0 Å². The summed E-state index contributed by atoms with van der Waals surface area (Å²) in [4.78, 5) is 30.0. The lowest BCUT2D eigenvalue weighted by Gasteiger charge is -2.49. The van der Waals surface area contributed by atoms with Gasteiger partial charge >= 0.3 is 0 Å². The summed E-state index contributed by atoms with van der Waals surface area (Å²) in [5.41, 5.74) is 5.26. The quantitative estimate of drug-likeness (QED) is 0.312. The number of carbonyl (C=O) groups is 2. The first-order valence-electron chi connectivity index (χ1n) is 13.8. The number of carbonyl (C=O) groups excluding carboxylic acids is 2. The second kappa shape index (κ2) is 11.1. The molecule has 0 saturated heterocycles. The summed E-state index contributed by atoms with van der Waals surface area (Å²) in [6.07, 6.45) is 2.49. The van der Waals surface area contributed by atoms with Crippen LogP contribution in [0.15, 0.2) is 69.5 Å². The number of methoxy groups -OCH3 is 1. The third-order valence-corrected chi connectivity index (χ3v) is 9.01. The van der Waals surface area contributed by atoms with E-state index >= 15 is 0 Å². The molecule has 1 aliphatic heterocycles. The van der Waals surface area contributed by atoms with Gasteiger partial charge < -0.3 is 14.4 Å². The smallest absolute Gasteiger partial charge is 0.162 e. The van der Waals surface area contributed by atoms with Crippen LogP contribution in [0.25, 0.3) is 0 Å². The fourth-order valence-corrected chi connectivity index (χ4v) is 7.03. The van der Waals surface area contributed by atoms with Crippen LogP contribution in [0.5, 0.6) is 5.75 Å². The maximum atomic E-state index is 13.9. The first-order chi connectivity index (χ1) is 18.9. The number of benzene rings is 2. The van der Waals surface area contributed by atoms with Crippen molar-refractivity contribution in [3.05, 3.63) is 85.6 Å². The molecule has 0 radical (unpaired) electrons. The fraction of sp³-hybridized carbons (Fsp3) is 0.455. The molecular formula is C33H37BrClNO4. The number of Topliss-reactive ketones (excluding diaryl/α,β-unsaturated/α-hetero) is 2. The topological polar surface area (TPSA) is 55.8 Å². The van der Waals surface area contributed by atoms with Crippen molar-refractivity contribution in [1.29, 1.82) is 0 Å². The van der Waals surface area contributed by atoms with Gasteiger partial charge in [-0.05, 0) is 75.0 Å². The Morgan fingerprint density at radius 3 is 2.00 bits per heavy atom. The second-order valence-electron chi connectivity index (χ2n) is 12.8. The zero-order valence-electron chi connectivity index (χ0n) is 23.9. The van der Waals surface area contributed by atoms with Gasteiger partial charge in [0.15, 0.2) is 11.6 Å². The van der Waals surface area contributed by atoms with E-state index in [-0.39, 0.29) is 22.4 Å². The lowest BCUT2D eigenvalue weighted by Crippen LogP contribution is -2.45. The highest BCUT2D eigenvalue weighted by atomic mass is 79.9. The molecule has 40 heavy (non-hydrogen) atoms. The molecule has 2 aromatic rings. The highest BCUT2D eigenvalue weighted by Gasteiger charge is 2.48. The SMILES string of the molecule is COCCN1C2=C(C(=O)CC(C)(C)C2)C(c2ccc(OCc3ccc(Cl)cc3)c(Br)c2)C2=C1CC(C)(C)CC2=O. The van der Waals surface area contributed by atoms with Gasteiger partial charge in [-0.1, -0.05) is 57.5 Å². The van der Waals surface area contributed by atoms with Gasteiger partial charge in [0.05, 0.1) is 11.1 Å². The van der Waals surface area contributed by atoms with Gasteiger partial charge in [0.2, 0.25) is 0 Å². The van der Waals surface area contributed by atoms with E-state index in [1.165, 1.54) is 0 Å². The molecule has 7 heteroatoms. The monoisotopic (exact) mass is 625 g/mol. The van der Waals surface area contributed by atoms with Crippen LogP contribution in [0.2, 0.25) is 5.02 Å². The van der Waals surface area contributed by atoms with Crippen molar-refractivity contribution < 1.29 is 19.1 Å². The van der Waals surface area contributed by atoms with Crippen LogP contribution in [0.3, 0.4) is 0 Å². The molecule has 5 rings (SSSR count). The zero-order valence-corrected chi connectivity index (χ0v) is 26.2. The second-order valence-corrected chi connectivity index (χ2v) is 14.1. The van der Waals surface area contributed by atoms with E-state index in [1.54, 1.807) is 7.11 Å². The molecule has 212 valence electrons. The summed E-state index contributed by atoms with van der Waals surface area (Å²) >= 11 is 9.73. The number of hydrogen-bond donors (Lipinski definition) is 0. The average Bonchev–Trinajstić information content (AvgIpc) is 2.86. The van der Waals surface area contributed by atoms with Crippen LogP contribution in [0.1, 0.15) is 70.4 Å². The first kappa shape index (κ1) is 29.1. The van der Waals surface area contributed by atoms with E-state index in [9.17, 15) is 9.59 Å². The van der Waals surface area contributed by atoms with E-state index in [0.29, 0.717) is 43.4 Å². The van der Waals surface area contributed by atoms with Crippen molar-refractivity contribution in [2.75, 3.05) is 20.3 Å². The summed E-state index contributed by atoms with van der Waals surface area (Å²) in [6.45, 7) is 10.2. The number of ketones is 2. The molecule has 0 spiro atoms. The standard InChI is InChI=1S/C33H37BrClNO4/c1-32(2)15-24-30(26(37)17-32)29(31-25(36(24)12-13-39-5)16-33(3,4)18-27(31)38)21-8-11-28(23(34)14-21)40-19-20-6-9-22(35)10-7-20/h6-11,14,29H,12-13,15-19H2,1-5H3. The number of allylic oxidation sites excluding steroid dienone is 4. The molecule has 2 aliphatic carbocycles. The molecule has 3 aliphatic rings. The number of ether oxygens (including phenoxy) is 2. The minimum absolute atomic E-state index is 0.127. The molecule has 0 saturated carbocycles. The van der Waals surface area contributed by atoms with Gasteiger partial charge in [-0.15, -0.1) is 0 Å². The molecule has 0 amide bonds. The highest BCUT2D eigenvalue weighted by molar-refractivity contribution is 9.10. The predicted molar refractivity (Wildman–Crippen MR) is 161 cm³/mol. The van der Waals surface area contributed by atoms with Gasteiger partial charge in [0.1, 0.15) is 12.4 Å². The Balaban J connectivity index is 1.58. The lowest BCUT2D eigenvalue weighted by atomic mass is 9.63. The molecule has 0 atom stereocenters. The highest BCUT2D eigenvalue weighted by Crippen LogP contribution is 2.54. The third-order valence-electron chi connectivity index (χ3n) is 8.14. The number of nitrogens with zero attached hydrogens (tertiary/aromatic N) is 1. The van der Waals surface area contributed by atoms with Gasteiger partial charge in [0.25, 0.3) is 0 Å². The summed E-state index contributed by atoms with van der Waals surface area (Å²) in [7, 11) is 1.69. The number of halogens is 2. The Hall–Kier alpha value is -2.41. The van der Waals surface area contributed by atoms with Gasteiger partial charge in [-0.25, -0.2) is 0 Å². The number of hydrogen-bond acceptors (Lipinski definition) is 5. The van der Waals surface area contributed by atoms with Crippen LogP contribution in [0, 0.1) is 10.8 Å². The van der Waals surface area contributed by atoms with Crippen LogP contribution in [-0.2, 0) is 20.9 Å². The number of rotatable bonds is 7. The third kappa shape index (κ3) is 5.81. The Bertz CT molecular complexity index is 1350. The summed E-state index contributed by atoms with van der Waals surface area (Å²) in [5.74, 6) is 0.563. The molecule has 2 aromatic carbocycles. The summed E-state index contributed by atoms with van der Waals surface area (Å²) in [5, 5.41) is 0.686. The zero-order chi connectivity index (χ0) is 28.8. The van der Waals surface area contributed by atoms with Crippen molar-refractivity contribution in [1.82, 2.24) is 4.90 Å². The van der Waals surface area contributed by atoms with E-state index in [4.69, 9.17) is 21.1 Å². The van der Waals surface area contributed by atoms with Crippen LogP contribution in [0.4, 0.5) is 0 Å². The molecule has 0 unspecified atom stereocenters. The van der Waals surface area contributed by atoms with Crippen molar-refractivity contribution in [2.24, 2.45) is 10.8 Å². The normalized spacial score (nSPS) is 20.5. The van der Waals surface area contributed by atoms with E-state index in [2.05, 4.69) is 48.5 Å². The Morgan fingerprint density at radius 2 is 1.48 bits per heavy atom. The molecule has 0 N–H and O–H groups in total. The van der Waals surface area contributed by atoms with E-state index < -0.39 is 5.92 Å². The van der Waals surface area contributed by atoms with Crippen molar-refractivity contribution in [3.8, 4) is 5.75 Å². The van der Waals surface area contributed by atoms with Crippen LogP contribution < -0.4 is 4.74 Å². The van der Waals surface area contributed by atoms with Crippen LogP contribution >= 0.6 is 27.5 Å². The lowest BCUT2D eigenvalue weighted by molar-refractivity contribution is -0.119. The van der Waals surface area contributed by atoms with Gasteiger partial charge in [-0.2, -0.15) is 0 Å². The first-order valence-corrected chi connectivity index (χ1v) is 15.0. The average molecular weight is 627 g/mol. The fourth-order valence-electron chi connectivity index (χ4n) is 6.39.